The Labute approximate surface area is 135 Å². The Bertz CT molecular complexity index is 886. The molecule has 0 aliphatic carbocycles. The molecule has 0 unspecified atom stereocenters. The van der Waals surface area contributed by atoms with Gasteiger partial charge in [0.1, 0.15) is 0 Å². The normalized spacial score (nSPS) is 11.3. The summed E-state index contributed by atoms with van der Waals surface area (Å²) in [5.41, 5.74) is 4.10. The van der Waals surface area contributed by atoms with Crippen LogP contribution in [0.25, 0.3) is 11.3 Å². The molecule has 0 saturated heterocycles. The van der Waals surface area contributed by atoms with Gasteiger partial charge in [-0.05, 0) is 24.6 Å². The molecular formula is C17H17N3O2S. The molecule has 118 valence electrons. The number of aromatic nitrogens is 2. The predicted octanol–water partition coefficient (Wildman–Crippen LogP) is 3.33. The molecule has 0 amide bonds. The second-order valence-electron chi connectivity index (χ2n) is 5.39. The van der Waals surface area contributed by atoms with Crippen molar-refractivity contribution in [3.8, 4) is 11.3 Å². The fraction of sp³-hybridized carbons (Fsp3) is 0.118. The van der Waals surface area contributed by atoms with E-state index in [0.29, 0.717) is 5.69 Å². The van der Waals surface area contributed by atoms with Gasteiger partial charge in [-0.15, -0.1) is 0 Å². The van der Waals surface area contributed by atoms with E-state index in [1.807, 2.05) is 37.3 Å². The van der Waals surface area contributed by atoms with Crippen LogP contribution < -0.4 is 4.72 Å². The van der Waals surface area contributed by atoms with Crippen molar-refractivity contribution in [1.29, 1.82) is 0 Å². The van der Waals surface area contributed by atoms with Crippen molar-refractivity contribution in [2.24, 2.45) is 0 Å². The molecule has 0 atom stereocenters. The van der Waals surface area contributed by atoms with Crippen LogP contribution in [-0.2, 0) is 15.8 Å². The van der Waals surface area contributed by atoms with E-state index in [-0.39, 0.29) is 5.75 Å². The van der Waals surface area contributed by atoms with Gasteiger partial charge in [-0.3, -0.25) is 4.72 Å². The number of nitrogens with one attached hydrogen (secondary N) is 2. The molecule has 0 saturated carbocycles. The van der Waals surface area contributed by atoms with Gasteiger partial charge in [0.25, 0.3) is 0 Å². The highest BCUT2D eigenvalue weighted by Gasteiger charge is 2.12. The first-order valence-electron chi connectivity index (χ1n) is 7.17. The summed E-state index contributed by atoms with van der Waals surface area (Å²) in [5, 5.41) is 0. The van der Waals surface area contributed by atoms with Crippen LogP contribution in [0.5, 0.6) is 0 Å². The first kappa shape index (κ1) is 15.3. The minimum atomic E-state index is -3.46. The van der Waals surface area contributed by atoms with Crippen LogP contribution >= 0.6 is 0 Å². The Morgan fingerprint density at radius 3 is 2.61 bits per heavy atom. The second-order valence-corrected chi connectivity index (χ2v) is 7.12. The molecule has 3 aromatic rings. The summed E-state index contributed by atoms with van der Waals surface area (Å²) in [7, 11) is -3.46. The highest BCUT2D eigenvalue weighted by molar-refractivity contribution is 7.91. The highest BCUT2D eigenvalue weighted by atomic mass is 32.2. The summed E-state index contributed by atoms with van der Waals surface area (Å²) in [6.45, 7) is 1.97. The summed E-state index contributed by atoms with van der Waals surface area (Å²) in [6.07, 6.45) is 3.28. The van der Waals surface area contributed by atoms with E-state index in [4.69, 9.17) is 0 Å². The lowest BCUT2D eigenvalue weighted by Crippen LogP contribution is -2.15. The summed E-state index contributed by atoms with van der Waals surface area (Å²) in [4.78, 5) is 6.97. The SMILES string of the molecule is Cc1ccc(CS(=O)(=O)Nc2cccc(-c3cnc[nH]3)c2)cc1. The molecular weight excluding hydrogens is 310 g/mol. The first-order valence-corrected chi connectivity index (χ1v) is 8.82. The van der Waals surface area contributed by atoms with Crippen molar-refractivity contribution >= 4 is 15.7 Å². The van der Waals surface area contributed by atoms with E-state index in [2.05, 4.69) is 14.7 Å². The lowest BCUT2D eigenvalue weighted by atomic mass is 10.1. The lowest BCUT2D eigenvalue weighted by Gasteiger charge is -2.09. The number of sulfonamides is 1. The topological polar surface area (TPSA) is 74.8 Å². The summed E-state index contributed by atoms with van der Waals surface area (Å²) in [5.74, 6) is -0.0540. The van der Waals surface area contributed by atoms with Crippen molar-refractivity contribution < 1.29 is 8.42 Å². The number of imidazole rings is 1. The summed E-state index contributed by atoms with van der Waals surface area (Å²) >= 11 is 0. The molecule has 0 fully saturated rings. The monoisotopic (exact) mass is 327 g/mol. The third kappa shape index (κ3) is 3.98. The molecule has 0 aliphatic heterocycles. The van der Waals surface area contributed by atoms with Crippen LogP contribution in [0.15, 0.2) is 61.1 Å². The second kappa shape index (κ2) is 6.26. The van der Waals surface area contributed by atoms with Crippen LogP contribution in [-0.4, -0.2) is 18.4 Å². The van der Waals surface area contributed by atoms with Crippen molar-refractivity contribution in [3.05, 3.63) is 72.2 Å². The predicted molar refractivity (Wildman–Crippen MR) is 91.4 cm³/mol. The van der Waals surface area contributed by atoms with Gasteiger partial charge in [-0.2, -0.15) is 0 Å². The number of H-pyrrole nitrogens is 1. The third-order valence-corrected chi connectivity index (χ3v) is 4.68. The average molecular weight is 327 g/mol. The number of rotatable bonds is 5. The van der Waals surface area contributed by atoms with E-state index >= 15 is 0 Å². The number of nitrogens with zero attached hydrogens (tertiary/aromatic N) is 1. The van der Waals surface area contributed by atoms with E-state index in [1.54, 1.807) is 30.7 Å². The Kier molecular flexibility index (Phi) is 4.16. The van der Waals surface area contributed by atoms with E-state index in [1.165, 1.54) is 0 Å². The molecule has 5 nitrogen and oxygen atoms in total. The Morgan fingerprint density at radius 1 is 1.13 bits per heavy atom. The van der Waals surface area contributed by atoms with Gasteiger partial charge < -0.3 is 4.98 Å². The number of aryl methyl sites for hydroxylation is 1. The van der Waals surface area contributed by atoms with Gasteiger partial charge in [0.2, 0.25) is 10.0 Å². The molecule has 2 aromatic carbocycles. The highest BCUT2D eigenvalue weighted by Crippen LogP contribution is 2.21. The molecule has 0 aliphatic rings. The van der Waals surface area contributed by atoms with E-state index < -0.39 is 10.0 Å². The minimum absolute atomic E-state index is 0.0540. The number of anilines is 1. The molecule has 23 heavy (non-hydrogen) atoms. The number of benzene rings is 2. The van der Waals surface area contributed by atoms with Gasteiger partial charge in [-0.25, -0.2) is 13.4 Å². The van der Waals surface area contributed by atoms with Crippen molar-refractivity contribution in [1.82, 2.24) is 9.97 Å². The molecule has 6 heteroatoms. The Morgan fingerprint density at radius 2 is 1.91 bits per heavy atom. The zero-order chi connectivity index (χ0) is 16.3. The van der Waals surface area contributed by atoms with E-state index in [9.17, 15) is 8.42 Å². The zero-order valence-electron chi connectivity index (χ0n) is 12.7. The van der Waals surface area contributed by atoms with Crippen LogP contribution in [0.2, 0.25) is 0 Å². The first-order chi connectivity index (χ1) is 11.0. The molecule has 3 rings (SSSR count). The maximum atomic E-state index is 12.3. The molecule has 0 spiro atoms. The van der Waals surface area contributed by atoms with Crippen molar-refractivity contribution in [2.45, 2.75) is 12.7 Å². The third-order valence-electron chi connectivity index (χ3n) is 3.42. The zero-order valence-corrected chi connectivity index (χ0v) is 13.5. The van der Waals surface area contributed by atoms with Crippen LogP contribution in [0.4, 0.5) is 5.69 Å². The quantitative estimate of drug-likeness (QED) is 0.755. The summed E-state index contributed by atoms with van der Waals surface area (Å²) in [6, 6.07) is 14.7. The van der Waals surface area contributed by atoms with Gasteiger partial charge in [0, 0.05) is 11.3 Å². The average Bonchev–Trinajstić information content (AvgIpc) is 3.03. The number of aromatic amines is 1. The Hall–Kier alpha value is -2.60. The number of hydrogen-bond acceptors (Lipinski definition) is 3. The van der Waals surface area contributed by atoms with Gasteiger partial charge in [0.15, 0.2) is 0 Å². The van der Waals surface area contributed by atoms with Crippen LogP contribution in [0.3, 0.4) is 0 Å². The maximum absolute atomic E-state index is 12.3. The fourth-order valence-electron chi connectivity index (χ4n) is 2.28. The Balaban J connectivity index is 1.78. The summed E-state index contributed by atoms with van der Waals surface area (Å²) < 4.78 is 27.3. The molecule has 1 heterocycles. The van der Waals surface area contributed by atoms with Crippen molar-refractivity contribution in [2.75, 3.05) is 4.72 Å². The maximum Gasteiger partial charge on any atom is 0.236 e. The lowest BCUT2D eigenvalue weighted by molar-refractivity contribution is 0.600. The van der Waals surface area contributed by atoms with Gasteiger partial charge in [0.05, 0.1) is 24.0 Å². The molecule has 0 radical (unpaired) electrons. The van der Waals surface area contributed by atoms with Crippen molar-refractivity contribution in [3.63, 3.8) is 0 Å². The van der Waals surface area contributed by atoms with E-state index in [0.717, 1.165) is 22.4 Å². The van der Waals surface area contributed by atoms with Crippen LogP contribution in [0, 0.1) is 6.92 Å². The largest absolute Gasteiger partial charge is 0.345 e. The minimum Gasteiger partial charge on any atom is -0.345 e. The van der Waals surface area contributed by atoms with Gasteiger partial charge in [-0.1, -0.05) is 42.0 Å². The molecule has 0 bridgehead atoms. The smallest absolute Gasteiger partial charge is 0.236 e. The fourth-order valence-corrected chi connectivity index (χ4v) is 3.47. The van der Waals surface area contributed by atoms with Crippen LogP contribution in [0.1, 0.15) is 11.1 Å². The van der Waals surface area contributed by atoms with Gasteiger partial charge >= 0.3 is 0 Å². The standard InChI is InChI=1S/C17H17N3O2S/c1-13-5-7-14(8-6-13)11-23(21,22)20-16-4-2-3-15(9-16)17-10-18-12-19-17/h2-10,12,20H,11H2,1H3,(H,18,19). The molecule has 2 N–H and O–H groups in total. The molecule has 1 aromatic heterocycles. The number of hydrogen-bond donors (Lipinski definition) is 2.